The zero-order valence-corrected chi connectivity index (χ0v) is 11.9. The molecule has 0 N–H and O–H groups in total. The average Bonchev–Trinajstić information content (AvgIpc) is 2.44. The fourth-order valence-electron chi connectivity index (χ4n) is 2.73. The lowest BCUT2D eigenvalue weighted by Crippen LogP contribution is -2.17. The molecule has 0 spiro atoms. The molecule has 4 nitrogen and oxygen atoms in total. The molecule has 0 saturated heterocycles. The van der Waals surface area contributed by atoms with Gasteiger partial charge in [-0.05, 0) is 37.1 Å². The Labute approximate surface area is 122 Å². The van der Waals surface area contributed by atoms with E-state index in [2.05, 4.69) is 4.98 Å². The molecule has 1 aliphatic rings. The number of carbonyl (C=O) groups is 2. The second-order valence-corrected chi connectivity index (χ2v) is 5.27. The van der Waals surface area contributed by atoms with Gasteiger partial charge in [0.05, 0.1) is 0 Å². The first-order valence-corrected chi connectivity index (χ1v) is 6.81. The number of fused-ring (bicyclic) bond motifs is 2. The Morgan fingerprint density at radius 2 is 1.90 bits per heavy atom. The summed E-state index contributed by atoms with van der Waals surface area (Å²) in [5.74, 6) is 0.385. The Morgan fingerprint density at radius 1 is 1.14 bits per heavy atom. The van der Waals surface area contributed by atoms with Gasteiger partial charge in [0.2, 0.25) is 5.88 Å². The maximum atomic E-state index is 11.7. The molecule has 3 rings (SSSR count). The largest absolute Gasteiger partial charge is 0.438 e. The van der Waals surface area contributed by atoms with Crippen molar-refractivity contribution < 1.29 is 14.3 Å². The molecule has 0 saturated carbocycles. The number of carbonyl (C=O) groups excluding carboxylic acids is 2. The molecule has 1 aromatic carbocycles. The van der Waals surface area contributed by atoms with Gasteiger partial charge in [-0.1, -0.05) is 18.2 Å². The van der Waals surface area contributed by atoms with Crippen LogP contribution in [0.3, 0.4) is 0 Å². The smallest absolute Gasteiger partial charge is 0.222 e. The van der Waals surface area contributed by atoms with Crippen molar-refractivity contribution in [2.24, 2.45) is 0 Å². The summed E-state index contributed by atoms with van der Waals surface area (Å²) < 4.78 is 5.75. The summed E-state index contributed by atoms with van der Waals surface area (Å²) in [5.41, 5.74) is 2.70. The summed E-state index contributed by atoms with van der Waals surface area (Å²) in [6.07, 6.45) is 2.38. The molecule has 2 aromatic rings. The van der Waals surface area contributed by atoms with E-state index in [4.69, 9.17) is 4.74 Å². The van der Waals surface area contributed by atoms with E-state index in [0.29, 0.717) is 12.3 Å². The number of ketones is 2. The number of ether oxygens (including phenoxy) is 1. The Hall–Kier alpha value is -2.49. The number of nitrogens with zero attached hydrogens (tertiary/aromatic N) is 1. The van der Waals surface area contributed by atoms with E-state index < -0.39 is 5.92 Å². The molecule has 106 valence electrons. The third kappa shape index (κ3) is 2.44. The van der Waals surface area contributed by atoms with Crippen LogP contribution < -0.4 is 4.74 Å². The Kier molecular flexibility index (Phi) is 3.29. The number of hydrogen-bond donors (Lipinski definition) is 0. The molecule has 0 bridgehead atoms. The van der Waals surface area contributed by atoms with Gasteiger partial charge >= 0.3 is 0 Å². The normalized spacial score (nSPS) is 12.3. The molecule has 0 amide bonds. The van der Waals surface area contributed by atoms with Crippen molar-refractivity contribution in [2.75, 3.05) is 0 Å². The first-order chi connectivity index (χ1) is 10.1. The van der Waals surface area contributed by atoms with Crippen LogP contribution >= 0.6 is 0 Å². The van der Waals surface area contributed by atoms with Crippen LogP contribution in [0.2, 0.25) is 0 Å². The Balaban J connectivity index is 2.00. The predicted octanol–water partition coefficient (Wildman–Crippen LogP) is 3.04. The monoisotopic (exact) mass is 281 g/mol. The van der Waals surface area contributed by atoms with Crippen LogP contribution in [0.15, 0.2) is 36.5 Å². The number of pyridine rings is 1. The highest BCUT2D eigenvalue weighted by molar-refractivity contribution is 6.05. The Bertz CT molecular complexity index is 723. The standard InChI is InChI=1S/C17H15NO3/c1-10(19)16(11(2)20)12-5-6-15-14(8-12)9-13-4-3-7-18-17(13)21-15/h3-8,16H,9H2,1-2H3. The lowest BCUT2D eigenvalue weighted by atomic mass is 9.89. The summed E-state index contributed by atoms with van der Waals surface area (Å²) in [6, 6.07) is 9.30. The Morgan fingerprint density at radius 3 is 2.62 bits per heavy atom. The minimum atomic E-state index is -0.689. The van der Waals surface area contributed by atoms with Crippen LogP contribution in [-0.4, -0.2) is 16.6 Å². The number of aromatic nitrogens is 1. The van der Waals surface area contributed by atoms with E-state index in [-0.39, 0.29) is 11.6 Å². The average molecular weight is 281 g/mol. The lowest BCUT2D eigenvalue weighted by Gasteiger charge is -2.20. The third-order valence-corrected chi connectivity index (χ3v) is 3.67. The highest BCUT2D eigenvalue weighted by Crippen LogP contribution is 2.36. The summed E-state index contributed by atoms with van der Waals surface area (Å²) in [5, 5.41) is 0. The lowest BCUT2D eigenvalue weighted by molar-refractivity contribution is -0.126. The van der Waals surface area contributed by atoms with E-state index >= 15 is 0 Å². The fraction of sp³-hybridized carbons (Fsp3) is 0.235. The molecule has 1 aromatic heterocycles. The topological polar surface area (TPSA) is 56.3 Å². The van der Waals surface area contributed by atoms with Gasteiger partial charge in [0.15, 0.2) is 0 Å². The van der Waals surface area contributed by atoms with Gasteiger partial charge in [-0.15, -0.1) is 0 Å². The second kappa shape index (κ2) is 5.13. The van der Waals surface area contributed by atoms with E-state index in [0.717, 1.165) is 22.4 Å². The quantitative estimate of drug-likeness (QED) is 0.692. The number of hydrogen-bond acceptors (Lipinski definition) is 4. The first-order valence-electron chi connectivity index (χ1n) is 6.81. The molecule has 4 heteroatoms. The van der Waals surface area contributed by atoms with Crippen molar-refractivity contribution >= 4 is 11.6 Å². The maximum absolute atomic E-state index is 11.7. The van der Waals surface area contributed by atoms with Crippen LogP contribution in [0.1, 0.15) is 36.5 Å². The van der Waals surface area contributed by atoms with Gasteiger partial charge in [-0.2, -0.15) is 0 Å². The summed E-state index contributed by atoms with van der Waals surface area (Å²) in [7, 11) is 0. The van der Waals surface area contributed by atoms with Gasteiger partial charge in [0, 0.05) is 18.2 Å². The van der Waals surface area contributed by atoms with Gasteiger partial charge < -0.3 is 4.74 Å². The third-order valence-electron chi connectivity index (χ3n) is 3.67. The summed E-state index contributed by atoms with van der Waals surface area (Å²) in [6.45, 7) is 2.89. The van der Waals surface area contributed by atoms with Crippen molar-refractivity contribution in [1.29, 1.82) is 0 Å². The van der Waals surface area contributed by atoms with Crippen LogP contribution in [0.5, 0.6) is 11.6 Å². The van der Waals surface area contributed by atoms with Gasteiger partial charge in [0.25, 0.3) is 0 Å². The molecule has 0 radical (unpaired) electrons. The molecule has 21 heavy (non-hydrogen) atoms. The summed E-state index contributed by atoms with van der Waals surface area (Å²) >= 11 is 0. The highest BCUT2D eigenvalue weighted by atomic mass is 16.5. The first kappa shape index (κ1) is 13.5. The zero-order valence-electron chi connectivity index (χ0n) is 11.9. The molecular weight excluding hydrogens is 266 g/mol. The molecule has 2 heterocycles. The van der Waals surface area contributed by atoms with E-state index in [9.17, 15) is 9.59 Å². The zero-order chi connectivity index (χ0) is 15.0. The van der Waals surface area contributed by atoms with Crippen molar-refractivity contribution in [1.82, 2.24) is 4.98 Å². The molecule has 0 aliphatic carbocycles. The van der Waals surface area contributed by atoms with Crippen LogP contribution in [0, 0.1) is 0 Å². The van der Waals surface area contributed by atoms with Crippen molar-refractivity contribution in [3.05, 3.63) is 53.2 Å². The second-order valence-electron chi connectivity index (χ2n) is 5.27. The van der Waals surface area contributed by atoms with Crippen molar-refractivity contribution in [3.63, 3.8) is 0 Å². The molecule has 0 unspecified atom stereocenters. The SMILES string of the molecule is CC(=O)C(C(C)=O)c1ccc2c(c1)Cc1cccnc1O2. The fourth-order valence-corrected chi connectivity index (χ4v) is 2.73. The van der Waals surface area contributed by atoms with Crippen LogP contribution in [-0.2, 0) is 16.0 Å². The maximum Gasteiger partial charge on any atom is 0.222 e. The summed E-state index contributed by atoms with van der Waals surface area (Å²) in [4.78, 5) is 27.6. The molecule has 1 aliphatic heterocycles. The molecule has 0 fully saturated rings. The van der Waals surface area contributed by atoms with Crippen molar-refractivity contribution in [3.8, 4) is 11.6 Å². The minimum absolute atomic E-state index is 0.138. The highest BCUT2D eigenvalue weighted by Gasteiger charge is 2.24. The van der Waals surface area contributed by atoms with E-state index in [1.165, 1.54) is 13.8 Å². The van der Waals surface area contributed by atoms with E-state index in [1.807, 2.05) is 18.2 Å². The van der Waals surface area contributed by atoms with E-state index in [1.54, 1.807) is 18.3 Å². The van der Waals surface area contributed by atoms with Crippen LogP contribution in [0.4, 0.5) is 0 Å². The van der Waals surface area contributed by atoms with Crippen LogP contribution in [0.25, 0.3) is 0 Å². The number of Topliss-reactive ketones (excluding diaryl/α,β-unsaturated/α-hetero) is 2. The minimum Gasteiger partial charge on any atom is -0.438 e. The van der Waals surface area contributed by atoms with Gasteiger partial charge in [-0.25, -0.2) is 4.98 Å². The van der Waals surface area contributed by atoms with Gasteiger partial charge in [-0.3, -0.25) is 9.59 Å². The molecule has 0 atom stereocenters. The van der Waals surface area contributed by atoms with Gasteiger partial charge in [0.1, 0.15) is 23.2 Å². The number of rotatable bonds is 3. The predicted molar refractivity (Wildman–Crippen MR) is 77.7 cm³/mol. The van der Waals surface area contributed by atoms with Crippen molar-refractivity contribution in [2.45, 2.75) is 26.2 Å². The number of benzene rings is 1. The molecular formula is C17H15NO3.